The average Bonchev–Trinajstić information content (AvgIpc) is 3.34. The van der Waals surface area contributed by atoms with E-state index in [9.17, 15) is 13.2 Å². The molecular weight excluding hydrogens is 393 g/mol. The van der Waals surface area contributed by atoms with E-state index in [1.165, 1.54) is 12.3 Å². The zero-order chi connectivity index (χ0) is 19.6. The first-order chi connectivity index (χ1) is 13.5. The van der Waals surface area contributed by atoms with Crippen LogP contribution in [-0.4, -0.2) is 37.6 Å². The van der Waals surface area contributed by atoms with Gasteiger partial charge in [-0.15, -0.1) is 15.3 Å². The smallest absolute Gasteiger partial charge is 0.422 e. The molecule has 0 aliphatic rings. The Balaban J connectivity index is 1.43. The monoisotopic (exact) mass is 406 g/mol. The van der Waals surface area contributed by atoms with E-state index in [4.69, 9.17) is 0 Å². The van der Waals surface area contributed by atoms with Crippen LogP contribution in [0.1, 0.15) is 5.56 Å². The van der Waals surface area contributed by atoms with Gasteiger partial charge in [-0.3, -0.25) is 0 Å². The number of pyridine rings is 1. The molecular formula is C17H13F3N6OS. The number of fused-ring (bicyclic) bond motifs is 1. The van der Waals surface area contributed by atoms with Gasteiger partial charge in [0, 0.05) is 29.8 Å². The highest BCUT2D eigenvalue weighted by Gasteiger charge is 2.28. The molecule has 4 heterocycles. The van der Waals surface area contributed by atoms with Gasteiger partial charge in [0.1, 0.15) is 5.82 Å². The standard InChI is InChI=1S/C17H13F3N6OS/c18-17(19,20)10-27-15-4-1-11(8-22-15)7-21-13-2-3-14-23-24-16(26(14)25-13)12-5-6-28-9-12/h1-6,8-9H,7,10H2,(H,21,25). The number of hydrogen-bond donors (Lipinski definition) is 1. The van der Waals surface area contributed by atoms with Crippen LogP contribution in [0.4, 0.5) is 19.0 Å². The second kappa shape index (κ2) is 7.43. The van der Waals surface area contributed by atoms with E-state index in [1.54, 1.807) is 34.1 Å². The topological polar surface area (TPSA) is 77.2 Å². The number of rotatable bonds is 6. The summed E-state index contributed by atoms with van der Waals surface area (Å²) in [5.74, 6) is 1.17. The Bertz CT molecular complexity index is 1060. The Morgan fingerprint density at radius 3 is 2.71 bits per heavy atom. The molecule has 0 aliphatic heterocycles. The number of aromatic nitrogens is 5. The fraction of sp³-hybridized carbons (Fsp3) is 0.176. The van der Waals surface area contributed by atoms with Gasteiger partial charge < -0.3 is 10.1 Å². The molecule has 0 fully saturated rings. The molecule has 0 atom stereocenters. The summed E-state index contributed by atoms with van der Waals surface area (Å²) in [6.07, 6.45) is -2.94. The molecule has 0 unspecified atom stereocenters. The number of nitrogens with one attached hydrogen (secondary N) is 1. The molecule has 0 amide bonds. The summed E-state index contributed by atoms with van der Waals surface area (Å²) in [4.78, 5) is 3.88. The number of nitrogens with zero attached hydrogens (tertiary/aromatic N) is 5. The number of hydrogen-bond acceptors (Lipinski definition) is 7. The van der Waals surface area contributed by atoms with Crippen molar-refractivity contribution < 1.29 is 17.9 Å². The predicted octanol–water partition coefficient (Wildman–Crippen LogP) is 3.80. The van der Waals surface area contributed by atoms with Crippen LogP contribution in [0, 0.1) is 0 Å². The van der Waals surface area contributed by atoms with Crippen LogP contribution in [0.3, 0.4) is 0 Å². The van der Waals surface area contributed by atoms with Crippen molar-refractivity contribution in [2.45, 2.75) is 12.7 Å². The maximum atomic E-state index is 12.2. The Morgan fingerprint density at radius 1 is 1.11 bits per heavy atom. The van der Waals surface area contributed by atoms with Gasteiger partial charge in [-0.05, 0) is 29.1 Å². The zero-order valence-corrected chi connectivity index (χ0v) is 15.0. The van der Waals surface area contributed by atoms with Crippen LogP contribution in [-0.2, 0) is 6.54 Å². The maximum Gasteiger partial charge on any atom is 0.422 e. The highest BCUT2D eigenvalue weighted by molar-refractivity contribution is 7.08. The minimum Gasteiger partial charge on any atom is -0.468 e. The van der Waals surface area contributed by atoms with E-state index in [0.29, 0.717) is 23.8 Å². The molecule has 0 bridgehead atoms. The molecule has 0 spiro atoms. The third kappa shape index (κ3) is 4.19. The van der Waals surface area contributed by atoms with Crippen molar-refractivity contribution in [3.8, 4) is 17.3 Å². The molecule has 0 saturated carbocycles. The lowest BCUT2D eigenvalue weighted by Gasteiger charge is -2.09. The predicted molar refractivity (Wildman–Crippen MR) is 97.2 cm³/mol. The first-order valence-corrected chi connectivity index (χ1v) is 9.06. The number of anilines is 1. The Morgan fingerprint density at radius 2 is 2.00 bits per heavy atom. The summed E-state index contributed by atoms with van der Waals surface area (Å²) in [5.41, 5.74) is 2.32. The molecule has 1 N–H and O–H groups in total. The lowest BCUT2D eigenvalue weighted by Crippen LogP contribution is -2.19. The number of thiophene rings is 1. The van der Waals surface area contributed by atoms with Crippen molar-refractivity contribution >= 4 is 22.8 Å². The molecule has 4 aromatic heterocycles. The maximum absolute atomic E-state index is 12.2. The summed E-state index contributed by atoms with van der Waals surface area (Å²) >= 11 is 1.56. The van der Waals surface area contributed by atoms with Crippen molar-refractivity contribution in [2.75, 3.05) is 11.9 Å². The summed E-state index contributed by atoms with van der Waals surface area (Å²) in [6, 6.07) is 8.55. The molecule has 144 valence electrons. The third-order valence-electron chi connectivity index (χ3n) is 3.70. The van der Waals surface area contributed by atoms with Crippen LogP contribution < -0.4 is 10.1 Å². The fourth-order valence-electron chi connectivity index (χ4n) is 2.40. The molecule has 0 aromatic carbocycles. The molecule has 7 nitrogen and oxygen atoms in total. The fourth-order valence-corrected chi connectivity index (χ4v) is 3.04. The largest absolute Gasteiger partial charge is 0.468 e. The van der Waals surface area contributed by atoms with Crippen molar-refractivity contribution in [3.05, 3.63) is 52.9 Å². The van der Waals surface area contributed by atoms with E-state index >= 15 is 0 Å². The molecule has 4 rings (SSSR count). The highest BCUT2D eigenvalue weighted by Crippen LogP contribution is 2.21. The first kappa shape index (κ1) is 18.2. The van der Waals surface area contributed by atoms with Gasteiger partial charge in [-0.25, -0.2) is 4.98 Å². The number of ether oxygens (including phenoxy) is 1. The van der Waals surface area contributed by atoms with Crippen molar-refractivity contribution in [2.24, 2.45) is 0 Å². The van der Waals surface area contributed by atoms with Crippen molar-refractivity contribution in [3.63, 3.8) is 0 Å². The van der Waals surface area contributed by atoms with Crippen LogP contribution in [0.25, 0.3) is 17.0 Å². The van der Waals surface area contributed by atoms with Gasteiger partial charge >= 0.3 is 6.18 Å². The van der Waals surface area contributed by atoms with Crippen molar-refractivity contribution in [1.82, 2.24) is 24.8 Å². The molecule has 28 heavy (non-hydrogen) atoms. The summed E-state index contributed by atoms with van der Waals surface area (Å²) in [5, 5.41) is 19.8. The van der Waals surface area contributed by atoms with Gasteiger partial charge in [0.05, 0.1) is 0 Å². The van der Waals surface area contributed by atoms with Gasteiger partial charge in [0.2, 0.25) is 5.88 Å². The van der Waals surface area contributed by atoms with Crippen LogP contribution in [0.2, 0.25) is 0 Å². The Labute approximate surface area is 160 Å². The van der Waals surface area contributed by atoms with Crippen LogP contribution >= 0.6 is 11.3 Å². The molecule has 0 aliphatic carbocycles. The second-order valence-electron chi connectivity index (χ2n) is 5.79. The van der Waals surface area contributed by atoms with Crippen molar-refractivity contribution in [1.29, 1.82) is 0 Å². The molecule has 0 saturated heterocycles. The molecule has 4 aromatic rings. The van der Waals surface area contributed by atoms with Gasteiger partial charge in [-0.2, -0.15) is 29.0 Å². The lowest BCUT2D eigenvalue weighted by molar-refractivity contribution is -0.154. The van der Waals surface area contributed by atoms with E-state index in [1.807, 2.05) is 16.8 Å². The summed E-state index contributed by atoms with van der Waals surface area (Å²) < 4.78 is 42.7. The highest BCUT2D eigenvalue weighted by atomic mass is 32.1. The van der Waals surface area contributed by atoms with Crippen LogP contribution in [0.15, 0.2) is 47.3 Å². The van der Waals surface area contributed by atoms with Gasteiger partial charge in [0.15, 0.2) is 18.1 Å². The normalized spacial score (nSPS) is 11.7. The van der Waals surface area contributed by atoms with Gasteiger partial charge in [0.25, 0.3) is 0 Å². The van der Waals surface area contributed by atoms with Crippen LogP contribution in [0.5, 0.6) is 5.88 Å². The SMILES string of the molecule is FC(F)(F)COc1ccc(CNc2ccc3nnc(-c4ccsc4)n3n2)cn1. The number of alkyl halides is 3. The molecule has 11 heteroatoms. The first-order valence-electron chi connectivity index (χ1n) is 8.11. The number of halogens is 3. The third-order valence-corrected chi connectivity index (χ3v) is 4.38. The second-order valence-corrected chi connectivity index (χ2v) is 6.57. The quantitative estimate of drug-likeness (QED) is 0.525. The lowest BCUT2D eigenvalue weighted by atomic mass is 10.3. The van der Waals surface area contributed by atoms with E-state index in [2.05, 4.69) is 30.3 Å². The van der Waals surface area contributed by atoms with Gasteiger partial charge in [-0.1, -0.05) is 6.07 Å². The molecule has 0 radical (unpaired) electrons. The van der Waals surface area contributed by atoms with E-state index < -0.39 is 12.8 Å². The summed E-state index contributed by atoms with van der Waals surface area (Å²) in [7, 11) is 0. The Hall–Kier alpha value is -3.21. The average molecular weight is 406 g/mol. The minimum atomic E-state index is -4.39. The summed E-state index contributed by atoms with van der Waals surface area (Å²) in [6.45, 7) is -0.978. The Kier molecular flexibility index (Phi) is 4.82. The van der Waals surface area contributed by atoms with E-state index in [-0.39, 0.29) is 5.88 Å². The van der Waals surface area contributed by atoms with E-state index in [0.717, 1.165) is 11.1 Å². The zero-order valence-electron chi connectivity index (χ0n) is 14.2. The minimum absolute atomic E-state index is 0.0782.